The summed E-state index contributed by atoms with van der Waals surface area (Å²) < 4.78 is 28.6. The van der Waals surface area contributed by atoms with E-state index in [1.807, 2.05) is 0 Å². The summed E-state index contributed by atoms with van der Waals surface area (Å²) in [5.74, 6) is -0.350. The highest BCUT2D eigenvalue weighted by Gasteiger charge is 2.41. The van der Waals surface area contributed by atoms with Gasteiger partial charge < -0.3 is 19.6 Å². The molecule has 0 atom stereocenters. The fourth-order valence-electron chi connectivity index (χ4n) is 4.24. The molecule has 30 heavy (non-hydrogen) atoms. The molecule has 1 aromatic heterocycles. The largest absolute Gasteiger partial charge is 0.465 e. The zero-order valence-electron chi connectivity index (χ0n) is 16.1. The molecule has 10 nitrogen and oxygen atoms in total. The number of hydrogen-bond donors (Lipinski definition) is 3. The molecule has 4 heterocycles. The van der Waals surface area contributed by atoms with E-state index < -0.39 is 16.7 Å². The van der Waals surface area contributed by atoms with Crippen molar-refractivity contribution in [3.05, 3.63) is 35.5 Å². The molecule has 5 rings (SSSR count). The quantitative estimate of drug-likeness (QED) is 0.661. The fraction of sp³-hybridized carbons (Fsp3) is 0.421. The van der Waals surface area contributed by atoms with E-state index in [-0.39, 0.29) is 36.5 Å². The van der Waals surface area contributed by atoms with E-state index in [9.17, 15) is 23.8 Å². The van der Waals surface area contributed by atoms with Gasteiger partial charge in [0.2, 0.25) is 0 Å². The molecule has 2 saturated heterocycles. The third kappa shape index (κ3) is 2.97. The minimum absolute atomic E-state index is 0.0832. The van der Waals surface area contributed by atoms with Crippen molar-refractivity contribution in [3.8, 4) is 11.3 Å². The Morgan fingerprint density at radius 3 is 2.50 bits per heavy atom. The Labute approximate surface area is 174 Å². The zero-order valence-corrected chi connectivity index (χ0v) is 16.9. The second-order valence-electron chi connectivity index (χ2n) is 7.67. The van der Waals surface area contributed by atoms with Crippen LogP contribution in [0.5, 0.6) is 0 Å². The van der Waals surface area contributed by atoms with Crippen LogP contribution in [-0.4, -0.2) is 85.2 Å². The third-order valence-electron chi connectivity index (χ3n) is 5.83. The van der Waals surface area contributed by atoms with Crippen LogP contribution in [0.25, 0.3) is 11.3 Å². The van der Waals surface area contributed by atoms with Gasteiger partial charge in [-0.1, -0.05) is 18.2 Å². The Morgan fingerprint density at radius 2 is 1.80 bits per heavy atom. The second kappa shape index (κ2) is 6.98. The predicted molar refractivity (Wildman–Crippen MR) is 108 cm³/mol. The number of carboxylic acid groups (broad SMARTS) is 1. The molecule has 3 aliphatic heterocycles. The molecule has 2 aromatic rings. The lowest BCUT2D eigenvalue weighted by Crippen LogP contribution is -2.50. The topological polar surface area (TPSA) is 128 Å². The summed E-state index contributed by atoms with van der Waals surface area (Å²) in [5, 5.41) is 13.8. The maximum atomic E-state index is 13.2. The third-order valence-corrected chi connectivity index (χ3v) is 7.58. The molecule has 0 radical (unpaired) electrons. The highest BCUT2D eigenvalue weighted by Crippen LogP contribution is 2.60. The zero-order chi connectivity index (χ0) is 21.0. The molecule has 2 fully saturated rings. The van der Waals surface area contributed by atoms with E-state index in [0.717, 1.165) is 0 Å². The average Bonchev–Trinajstić information content (AvgIpc) is 3.05. The van der Waals surface area contributed by atoms with Crippen molar-refractivity contribution in [2.75, 3.05) is 39.4 Å². The number of rotatable bonds is 2. The van der Waals surface area contributed by atoms with Gasteiger partial charge in [-0.2, -0.15) is 15.7 Å². The number of ether oxygens (including phenoxy) is 1. The van der Waals surface area contributed by atoms with Crippen molar-refractivity contribution in [2.45, 2.75) is 16.7 Å². The van der Waals surface area contributed by atoms with Crippen LogP contribution in [0.4, 0.5) is 4.79 Å². The number of amides is 2. The number of carbonyl (C=O) groups excluding carboxylic acids is 1. The molecule has 0 saturated carbocycles. The lowest BCUT2D eigenvalue weighted by molar-refractivity contribution is 0.0296. The Kier molecular flexibility index (Phi) is 4.51. The van der Waals surface area contributed by atoms with Crippen molar-refractivity contribution in [1.82, 2.24) is 19.6 Å². The molecule has 3 aliphatic rings. The minimum atomic E-state index is -3.12. The monoisotopic (exact) mass is 434 g/mol. The van der Waals surface area contributed by atoms with Gasteiger partial charge in [-0.15, -0.1) is 0 Å². The highest BCUT2D eigenvalue weighted by molar-refractivity contribution is 8.23. The standard InChI is InChI=1S/C19H22N4O6S/c24-18(21-5-7-29-8-6-21)16-14-11-30(27,28)15-4-2-1-3-13(15)17(14)23(20-16)12-9-22(10-12)19(25)26/h1-4,12,27-28H,5-11H2,(H,25,26). The van der Waals surface area contributed by atoms with E-state index in [0.29, 0.717) is 48.0 Å². The van der Waals surface area contributed by atoms with Crippen molar-refractivity contribution in [2.24, 2.45) is 0 Å². The molecule has 160 valence electrons. The first-order chi connectivity index (χ1) is 14.4. The lowest BCUT2D eigenvalue weighted by Gasteiger charge is -2.40. The maximum Gasteiger partial charge on any atom is 0.407 e. The highest BCUT2D eigenvalue weighted by atomic mass is 32.3. The van der Waals surface area contributed by atoms with Crippen LogP contribution in [0.2, 0.25) is 0 Å². The van der Waals surface area contributed by atoms with Gasteiger partial charge in [-0.3, -0.25) is 18.6 Å². The first-order valence-electron chi connectivity index (χ1n) is 9.68. The fourth-order valence-corrected chi connectivity index (χ4v) is 5.88. The van der Waals surface area contributed by atoms with Crippen molar-refractivity contribution in [1.29, 1.82) is 0 Å². The molecule has 0 spiro atoms. The number of fused-ring (bicyclic) bond motifs is 3. The van der Waals surface area contributed by atoms with E-state index in [1.54, 1.807) is 33.8 Å². The average molecular weight is 434 g/mol. The molecule has 0 aliphatic carbocycles. The number of carbonyl (C=O) groups is 2. The van der Waals surface area contributed by atoms with Gasteiger partial charge in [-0.05, 0) is 6.07 Å². The van der Waals surface area contributed by atoms with Crippen LogP contribution in [0, 0.1) is 0 Å². The van der Waals surface area contributed by atoms with E-state index in [2.05, 4.69) is 5.10 Å². The Hall–Kier alpha value is -2.60. The Balaban J connectivity index is 1.62. The van der Waals surface area contributed by atoms with Crippen LogP contribution in [0.15, 0.2) is 29.2 Å². The molecule has 0 bridgehead atoms. The molecule has 3 N–H and O–H groups in total. The minimum Gasteiger partial charge on any atom is -0.465 e. The van der Waals surface area contributed by atoms with Gasteiger partial charge in [0.1, 0.15) is 0 Å². The van der Waals surface area contributed by atoms with Gasteiger partial charge >= 0.3 is 6.09 Å². The van der Waals surface area contributed by atoms with Gasteiger partial charge in [0.15, 0.2) is 5.69 Å². The normalized spacial score (nSPS) is 21.4. The number of likely N-dealkylation sites (tertiary alicyclic amines) is 1. The van der Waals surface area contributed by atoms with E-state index in [1.165, 1.54) is 4.90 Å². The van der Waals surface area contributed by atoms with Crippen LogP contribution >= 0.6 is 10.6 Å². The summed E-state index contributed by atoms with van der Waals surface area (Å²) in [7, 11) is -3.12. The van der Waals surface area contributed by atoms with Crippen LogP contribution in [0.1, 0.15) is 22.1 Å². The number of benzene rings is 1. The Bertz CT molecular complexity index is 1030. The summed E-state index contributed by atoms with van der Waals surface area (Å²) in [6.45, 7) is 2.33. The second-order valence-corrected chi connectivity index (χ2v) is 9.74. The first kappa shape index (κ1) is 19.4. The molecule has 1 aromatic carbocycles. The summed E-state index contributed by atoms with van der Waals surface area (Å²) in [4.78, 5) is 27.8. The summed E-state index contributed by atoms with van der Waals surface area (Å²) in [6, 6.07) is 6.80. The maximum absolute atomic E-state index is 13.2. The Morgan fingerprint density at radius 1 is 1.10 bits per heavy atom. The first-order valence-corrected chi connectivity index (χ1v) is 11.4. The SMILES string of the molecule is O=C(O)N1CC(n2nc(C(=O)N3CCOCC3)c3c2-c2ccccc2S(O)(O)C3)C1. The smallest absolute Gasteiger partial charge is 0.407 e. The number of morpholine rings is 1. The molecular weight excluding hydrogens is 412 g/mol. The number of aromatic nitrogens is 2. The van der Waals surface area contributed by atoms with Crippen molar-refractivity contribution < 1.29 is 28.5 Å². The molecule has 0 unspecified atom stereocenters. The summed E-state index contributed by atoms with van der Waals surface area (Å²) in [5.41, 5.74) is 2.01. The lowest BCUT2D eigenvalue weighted by atomic mass is 10.0. The number of nitrogens with zero attached hydrogens (tertiary/aromatic N) is 4. The summed E-state index contributed by atoms with van der Waals surface area (Å²) in [6.07, 6.45) is -0.994. The van der Waals surface area contributed by atoms with E-state index >= 15 is 0 Å². The van der Waals surface area contributed by atoms with Gasteiger partial charge in [0, 0.05) is 37.3 Å². The molecular formula is C19H22N4O6S. The summed E-state index contributed by atoms with van der Waals surface area (Å²) >= 11 is 0. The predicted octanol–water partition coefficient (Wildman–Crippen LogP) is 2.18. The number of hydrogen-bond acceptors (Lipinski definition) is 6. The molecule has 2 amide bonds. The van der Waals surface area contributed by atoms with Gasteiger partial charge in [-0.25, -0.2) is 4.79 Å². The van der Waals surface area contributed by atoms with Crippen molar-refractivity contribution in [3.63, 3.8) is 0 Å². The molecule has 11 heteroatoms. The van der Waals surface area contributed by atoms with Crippen molar-refractivity contribution >= 4 is 22.6 Å². The van der Waals surface area contributed by atoms with Crippen LogP contribution in [-0.2, 0) is 10.5 Å². The van der Waals surface area contributed by atoms with Crippen LogP contribution in [0.3, 0.4) is 0 Å². The van der Waals surface area contributed by atoms with E-state index in [4.69, 9.17) is 4.74 Å². The van der Waals surface area contributed by atoms with Gasteiger partial charge in [0.25, 0.3) is 5.91 Å². The van der Waals surface area contributed by atoms with Crippen LogP contribution < -0.4 is 0 Å². The van der Waals surface area contributed by atoms with Gasteiger partial charge in [0.05, 0.1) is 35.6 Å².